The maximum absolute atomic E-state index is 13.1. The molecule has 1 aliphatic rings. The van der Waals surface area contributed by atoms with Crippen LogP contribution in [-0.2, 0) is 14.8 Å². The Kier molecular flexibility index (Phi) is 5.14. The normalized spacial score (nSPS) is 18.0. The van der Waals surface area contributed by atoms with Gasteiger partial charge in [-0.05, 0) is 58.6 Å². The van der Waals surface area contributed by atoms with Gasteiger partial charge in [0.05, 0.1) is 0 Å². The van der Waals surface area contributed by atoms with Gasteiger partial charge in [0, 0.05) is 12.2 Å². The van der Waals surface area contributed by atoms with Crippen molar-refractivity contribution in [2.24, 2.45) is 0 Å². The first kappa shape index (κ1) is 19.6. The van der Waals surface area contributed by atoms with Crippen LogP contribution in [0.25, 0.3) is 0 Å². The second-order valence-corrected chi connectivity index (χ2v) is 9.02. The van der Waals surface area contributed by atoms with E-state index in [1.807, 2.05) is 32.9 Å². The highest BCUT2D eigenvalue weighted by atomic mass is 32.2. The van der Waals surface area contributed by atoms with Crippen LogP contribution in [0.5, 0.6) is 0 Å². The fourth-order valence-electron chi connectivity index (χ4n) is 3.83. The summed E-state index contributed by atoms with van der Waals surface area (Å²) < 4.78 is 32.5. The van der Waals surface area contributed by atoms with Gasteiger partial charge in [-0.2, -0.15) is 4.31 Å². The van der Waals surface area contributed by atoms with Crippen LogP contribution < -0.4 is 5.32 Å². The number of nitrogens with zero attached hydrogens (tertiary/aromatic N) is 2. The molecule has 0 bridgehead atoms. The van der Waals surface area contributed by atoms with Gasteiger partial charge in [0.2, 0.25) is 15.9 Å². The highest BCUT2D eigenvalue weighted by Gasteiger charge is 2.42. The Morgan fingerprint density at radius 2 is 1.81 bits per heavy atom. The SMILES string of the molecule is Cc1cc(C)c(NC(=O)[C@@H]2CCCN2S(=O)(=O)c2c(C)noc2C)c(C)c1. The summed E-state index contributed by atoms with van der Waals surface area (Å²) in [6.07, 6.45) is 1.12. The van der Waals surface area contributed by atoms with Gasteiger partial charge >= 0.3 is 0 Å². The average Bonchev–Trinajstić information content (AvgIpc) is 3.18. The lowest BCUT2D eigenvalue weighted by Gasteiger charge is -2.24. The summed E-state index contributed by atoms with van der Waals surface area (Å²) in [6, 6.07) is 3.24. The third kappa shape index (κ3) is 3.51. The van der Waals surface area contributed by atoms with E-state index in [1.165, 1.54) is 4.31 Å². The first-order chi connectivity index (χ1) is 12.6. The van der Waals surface area contributed by atoms with Crippen molar-refractivity contribution in [1.82, 2.24) is 9.46 Å². The van der Waals surface area contributed by atoms with Crippen molar-refractivity contribution in [3.8, 4) is 0 Å². The van der Waals surface area contributed by atoms with E-state index < -0.39 is 16.1 Å². The summed E-state index contributed by atoms with van der Waals surface area (Å²) >= 11 is 0. The molecule has 1 aromatic heterocycles. The number of hydrogen-bond donors (Lipinski definition) is 1. The first-order valence-electron chi connectivity index (χ1n) is 8.96. The fourth-order valence-corrected chi connectivity index (χ4v) is 5.78. The highest BCUT2D eigenvalue weighted by Crippen LogP contribution is 2.31. The predicted octanol–water partition coefficient (Wildman–Crippen LogP) is 3.01. The van der Waals surface area contributed by atoms with Crippen LogP contribution in [0.4, 0.5) is 5.69 Å². The number of carbonyl (C=O) groups is 1. The highest BCUT2D eigenvalue weighted by molar-refractivity contribution is 7.89. The molecule has 0 spiro atoms. The van der Waals surface area contributed by atoms with Crippen molar-refractivity contribution < 1.29 is 17.7 Å². The van der Waals surface area contributed by atoms with Gasteiger partial charge in [-0.3, -0.25) is 4.79 Å². The molecule has 1 fully saturated rings. The lowest BCUT2D eigenvalue weighted by atomic mass is 10.0. The Morgan fingerprint density at radius 1 is 1.19 bits per heavy atom. The van der Waals surface area contributed by atoms with Crippen molar-refractivity contribution >= 4 is 21.6 Å². The van der Waals surface area contributed by atoms with Crippen molar-refractivity contribution in [3.63, 3.8) is 0 Å². The second kappa shape index (κ2) is 7.09. The Bertz CT molecular complexity index is 952. The van der Waals surface area contributed by atoms with Gasteiger partial charge in [-0.25, -0.2) is 8.42 Å². The summed E-state index contributed by atoms with van der Waals surface area (Å²) in [6.45, 7) is 9.33. The van der Waals surface area contributed by atoms with Crippen molar-refractivity contribution in [2.45, 2.75) is 58.4 Å². The molecule has 0 aliphatic carbocycles. The van der Waals surface area contributed by atoms with E-state index >= 15 is 0 Å². The smallest absolute Gasteiger partial charge is 0.249 e. The van der Waals surface area contributed by atoms with Gasteiger partial charge < -0.3 is 9.84 Å². The van der Waals surface area contributed by atoms with Crippen molar-refractivity contribution in [1.29, 1.82) is 0 Å². The maximum atomic E-state index is 13.1. The van der Waals surface area contributed by atoms with Gasteiger partial charge in [-0.1, -0.05) is 22.9 Å². The lowest BCUT2D eigenvalue weighted by Crippen LogP contribution is -2.43. The van der Waals surface area contributed by atoms with Crippen LogP contribution >= 0.6 is 0 Å². The fraction of sp³-hybridized carbons (Fsp3) is 0.474. The molecule has 27 heavy (non-hydrogen) atoms. The average molecular weight is 391 g/mol. The number of rotatable bonds is 4. The molecule has 1 atom stereocenters. The minimum atomic E-state index is -3.85. The second-order valence-electron chi connectivity index (χ2n) is 7.19. The van der Waals surface area contributed by atoms with Gasteiger partial charge in [0.1, 0.15) is 16.6 Å². The van der Waals surface area contributed by atoms with Crippen LogP contribution in [0.2, 0.25) is 0 Å². The molecule has 0 saturated carbocycles. The summed E-state index contributed by atoms with van der Waals surface area (Å²) in [5, 5.41) is 6.68. The summed E-state index contributed by atoms with van der Waals surface area (Å²) in [5.41, 5.74) is 4.08. The number of aromatic nitrogens is 1. The van der Waals surface area contributed by atoms with Gasteiger partial charge in [0.25, 0.3) is 0 Å². The third-order valence-corrected chi connectivity index (χ3v) is 7.12. The van der Waals surface area contributed by atoms with Gasteiger partial charge in [-0.15, -0.1) is 0 Å². The zero-order chi connectivity index (χ0) is 19.9. The van der Waals surface area contributed by atoms with E-state index in [9.17, 15) is 13.2 Å². The first-order valence-corrected chi connectivity index (χ1v) is 10.4. The quantitative estimate of drug-likeness (QED) is 0.865. The molecule has 146 valence electrons. The van der Waals surface area contributed by atoms with E-state index in [-0.39, 0.29) is 16.6 Å². The maximum Gasteiger partial charge on any atom is 0.249 e. The molecule has 1 aliphatic heterocycles. The summed E-state index contributed by atoms with van der Waals surface area (Å²) in [5.74, 6) is -0.0679. The Morgan fingerprint density at radius 3 is 2.37 bits per heavy atom. The number of aryl methyl sites for hydroxylation is 5. The molecular formula is C19H25N3O4S. The molecule has 0 radical (unpaired) electrons. The minimum absolute atomic E-state index is 0.0601. The molecule has 3 rings (SSSR count). The molecule has 1 N–H and O–H groups in total. The molecule has 2 aromatic rings. The monoisotopic (exact) mass is 391 g/mol. The lowest BCUT2D eigenvalue weighted by molar-refractivity contribution is -0.119. The molecule has 2 heterocycles. The molecular weight excluding hydrogens is 366 g/mol. The Balaban J connectivity index is 1.90. The summed E-state index contributed by atoms with van der Waals surface area (Å²) in [7, 11) is -3.85. The standard InChI is InChI=1S/C19H25N3O4S/c1-11-9-12(2)17(13(3)10-11)20-19(23)16-7-6-8-22(16)27(24,25)18-14(4)21-26-15(18)5/h9-10,16H,6-8H2,1-5H3,(H,20,23)/t16-/m0/s1. The van der Waals surface area contributed by atoms with E-state index in [0.717, 1.165) is 22.4 Å². The third-order valence-electron chi connectivity index (χ3n) is 4.97. The minimum Gasteiger partial charge on any atom is -0.360 e. The number of anilines is 1. The van der Waals surface area contributed by atoms with Crippen LogP contribution in [0, 0.1) is 34.6 Å². The zero-order valence-corrected chi connectivity index (χ0v) is 17.1. The van der Waals surface area contributed by atoms with E-state index in [1.54, 1.807) is 13.8 Å². The number of carbonyl (C=O) groups excluding carboxylic acids is 1. The molecule has 8 heteroatoms. The van der Waals surface area contributed by atoms with Crippen LogP contribution in [-0.4, -0.2) is 36.4 Å². The largest absolute Gasteiger partial charge is 0.360 e. The molecule has 0 unspecified atom stereocenters. The van der Waals surface area contributed by atoms with Gasteiger partial charge in [0.15, 0.2) is 5.76 Å². The predicted molar refractivity (Wildman–Crippen MR) is 102 cm³/mol. The Hall–Kier alpha value is -2.19. The topological polar surface area (TPSA) is 92.5 Å². The van der Waals surface area contributed by atoms with E-state index in [0.29, 0.717) is 25.1 Å². The number of sulfonamides is 1. The molecule has 1 saturated heterocycles. The number of hydrogen-bond acceptors (Lipinski definition) is 5. The number of amides is 1. The van der Waals surface area contributed by atoms with Crippen molar-refractivity contribution in [3.05, 3.63) is 40.3 Å². The van der Waals surface area contributed by atoms with Crippen LogP contribution in [0.15, 0.2) is 21.6 Å². The zero-order valence-electron chi connectivity index (χ0n) is 16.3. The van der Waals surface area contributed by atoms with E-state index in [2.05, 4.69) is 10.5 Å². The van der Waals surface area contributed by atoms with E-state index in [4.69, 9.17) is 4.52 Å². The van der Waals surface area contributed by atoms with Crippen LogP contribution in [0.1, 0.15) is 41.0 Å². The number of benzene rings is 1. The van der Waals surface area contributed by atoms with Crippen LogP contribution in [0.3, 0.4) is 0 Å². The Labute approximate surface area is 159 Å². The molecule has 1 aromatic carbocycles. The number of nitrogens with one attached hydrogen (secondary N) is 1. The van der Waals surface area contributed by atoms with Crippen molar-refractivity contribution in [2.75, 3.05) is 11.9 Å². The summed E-state index contributed by atoms with van der Waals surface area (Å²) in [4.78, 5) is 13.0. The molecule has 7 nitrogen and oxygen atoms in total. The molecule has 1 amide bonds.